The van der Waals surface area contributed by atoms with Crippen LogP contribution >= 0.6 is 0 Å². The van der Waals surface area contributed by atoms with Crippen molar-refractivity contribution in [3.05, 3.63) is 60.6 Å². The number of hydrogen-bond donors (Lipinski definition) is 3. The highest BCUT2D eigenvalue weighted by Gasteiger charge is 2.16. The molecule has 1 saturated carbocycles. The molecule has 30 heavy (non-hydrogen) atoms. The number of urea groups is 1. The van der Waals surface area contributed by atoms with E-state index < -0.39 is 0 Å². The first-order chi connectivity index (χ1) is 14.7. The maximum absolute atomic E-state index is 12.2. The number of nitrogens with one attached hydrogen (secondary N) is 3. The van der Waals surface area contributed by atoms with Crippen LogP contribution in [0.15, 0.2) is 55.0 Å². The van der Waals surface area contributed by atoms with Crippen LogP contribution in [0.1, 0.15) is 44.1 Å². The fourth-order valence-electron chi connectivity index (χ4n) is 3.91. The number of benzene rings is 1. The predicted octanol–water partition coefficient (Wildman–Crippen LogP) is 4.56. The van der Waals surface area contributed by atoms with Gasteiger partial charge in [-0.15, -0.1) is 0 Å². The average Bonchev–Trinajstić information content (AvgIpc) is 3.43. The SMILES string of the molecule is O=C(CCC1CCCC1)Nc1ccc(NC(=O)NCc2ccn3ccnc3c2)cc1. The van der Waals surface area contributed by atoms with E-state index in [0.29, 0.717) is 24.6 Å². The summed E-state index contributed by atoms with van der Waals surface area (Å²) in [4.78, 5) is 28.5. The molecule has 1 aromatic carbocycles. The second-order valence-corrected chi connectivity index (χ2v) is 7.85. The number of carbonyl (C=O) groups excluding carboxylic acids is 2. The number of rotatable bonds is 7. The van der Waals surface area contributed by atoms with Gasteiger partial charge < -0.3 is 20.4 Å². The first kappa shape index (κ1) is 19.9. The van der Waals surface area contributed by atoms with E-state index in [4.69, 9.17) is 0 Å². The summed E-state index contributed by atoms with van der Waals surface area (Å²) in [6, 6.07) is 10.8. The van der Waals surface area contributed by atoms with E-state index >= 15 is 0 Å². The Balaban J connectivity index is 1.21. The summed E-state index contributed by atoms with van der Waals surface area (Å²) in [5.74, 6) is 0.761. The van der Waals surface area contributed by atoms with E-state index in [1.807, 2.05) is 28.9 Å². The minimum Gasteiger partial charge on any atom is -0.334 e. The van der Waals surface area contributed by atoms with Crippen molar-refractivity contribution in [2.75, 3.05) is 10.6 Å². The minimum absolute atomic E-state index is 0.0507. The number of amides is 3. The lowest BCUT2D eigenvalue weighted by Gasteiger charge is -2.11. The zero-order valence-electron chi connectivity index (χ0n) is 16.9. The van der Waals surface area contributed by atoms with Crippen molar-refractivity contribution in [3.8, 4) is 0 Å². The number of pyridine rings is 1. The van der Waals surface area contributed by atoms with Gasteiger partial charge in [0, 0.05) is 42.9 Å². The molecule has 0 unspecified atom stereocenters. The van der Waals surface area contributed by atoms with Gasteiger partial charge in [0.25, 0.3) is 0 Å². The van der Waals surface area contributed by atoms with E-state index in [9.17, 15) is 9.59 Å². The first-order valence-corrected chi connectivity index (χ1v) is 10.5. The predicted molar refractivity (Wildman–Crippen MR) is 117 cm³/mol. The van der Waals surface area contributed by atoms with Crippen LogP contribution < -0.4 is 16.0 Å². The van der Waals surface area contributed by atoms with Crippen LogP contribution in [-0.4, -0.2) is 21.3 Å². The van der Waals surface area contributed by atoms with Gasteiger partial charge in [-0.25, -0.2) is 9.78 Å². The van der Waals surface area contributed by atoms with Crippen molar-refractivity contribution in [3.63, 3.8) is 0 Å². The van der Waals surface area contributed by atoms with Crippen molar-refractivity contribution >= 4 is 29.0 Å². The molecule has 3 N–H and O–H groups in total. The van der Waals surface area contributed by atoms with Crippen molar-refractivity contribution in [2.45, 2.75) is 45.1 Å². The van der Waals surface area contributed by atoms with E-state index in [1.54, 1.807) is 30.5 Å². The molecule has 2 aromatic heterocycles. The summed E-state index contributed by atoms with van der Waals surface area (Å²) in [5, 5.41) is 8.57. The molecule has 7 heteroatoms. The molecule has 7 nitrogen and oxygen atoms in total. The fraction of sp³-hybridized carbons (Fsp3) is 0.348. The molecule has 0 radical (unpaired) electrons. The van der Waals surface area contributed by atoms with Crippen LogP contribution in [0.25, 0.3) is 5.65 Å². The summed E-state index contributed by atoms with van der Waals surface area (Å²) >= 11 is 0. The number of anilines is 2. The summed E-state index contributed by atoms with van der Waals surface area (Å²) in [7, 11) is 0. The Morgan fingerprint density at radius 2 is 1.73 bits per heavy atom. The highest BCUT2D eigenvalue weighted by molar-refractivity contribution is 5.92. The van der Waals surface area contributed by atoms with Gasteiger partial charge in [-0.05, 0) is 54.3 Å². The summed E-state index contributed by atoms with van der Waals surface area (Å²) in [5.41, 5.74) is 3.22. The largest absolute Gasteiger partial charge is 0.334 e. The molecule has 0 saturated heterocycles. The second kappa shape index (κ2) is 9.43. The zero-order chi connectivity index (χ0) is 20.8. The highest BCUT2D eigenvalue weighted by atomic mass is 16.2. The number of hydrogen-bond acceptors (Lipinski definition) is 3. The Kier molecular flexibility index (Phi) is 6.27. The van der Waals surface area contributed by atoms with Crippen LogP contribution in [-0.2, 0) is 11.3 Å². The number of nitrogens with zero attached hydrogens (tertiary/aromatic N) is 2. The maximum Gasteiger partial charge on any atom is 0.319 e. The standard InChI is InChI=1S/C23H27N5O2/c29-22(10-5-17-3-1-2-4-17)26-19-6-8-20(9-7-19)27-23(30)25-16-18-11-13-28-14-12-24-21(28)15-18/h6-9,11-15,17H,1-5,10,16H2,(H,26,29)(H2,25,27,30). The third-order valence-corrected chi connectivity index (χ3v) is 5.60. The lowest BCUT2D eigenvalue weighted by atomic mass is 10.0. The third-order valence-electron chi connectivity index (χ3n) is 5.60. The average molecular weight is 406 g/mol. The maximum atomic E-state index is 12.2. The van der Waals surface area contributed by atoms with Gasteiger partial charge in [0.1, 0.15) is 5.65 Å². The molecule has 1 aliphatic carbocycles. The lowest BCUT2D eigenvalue weighted by Crippen LogP contribution is -2.28. The van der Waals surface area contributed by atoms with Gasteiger partial charge >= 0.3 is 6.03 Å². The van der Waals surface area contributed by atoms with Crippen LogP contribution in [0.4, 0.5) is 16.2 Å². The highest BCUT2D eigenvalue weighted by Crippen LogP contribution is 2.28. The Morgan fingerprint density at radius 3 is 2.50 bits per heavy atom. The van der Waals surface area contributed by atoms with E-state index in [0.717, 1.165) is 23.3 Å². The van der Waals surface area contributed by atoms with Crippen LogP contribution in [0, 0.1) is 5.92 Å². The zero-order valence-corrected chi connectivity index (χ0v) is 16.9. The first-order valence-electron chi connectivity index (χ1n) is 10.5. The fourth-order valence-corrected chi connectivity index (χ4v) is 3.91. The van der Waals surface area contributed by atoms with Crippen molar-refractivity contribution in [2.24, 2.45) is 5.92 Å². The molecule has 0 atom stereocenters. The summed E-state index contributed by atoms with van der Waals surface area (Å²) in [6.45, 7) is 0.407. The van der Waals surface area contributed by atoms with Crippen molar-refractivity contribution in [1.82, 2.24) is 14.7 Å². The topological polar surface area (TPSA) is 87.5 Å². The quantitative estimate of drug-likeness (QED) is 0.538. The number of carbonyl (C=O) groups is 2. The minimum atomic E-state index is -0.286. The molecular weight excluding hydrogens is 378 g/mol. The van der Waals surface area contributed by atoms with Gasteiger partial charge in [0.15, 0.2) is 0 Å². The van der Waals surface area contributed by atoms with E-state index in [2.05, 4.69) is 20.9 Å². The van der Waals surface area contributed by atoms with Gasteiger partial charge in [-0.1, -0.05) is 25.7 Å². The second-order valence-electron chi connectivity index (χ2n) is 7.85. The number of imidazole rings is 1. The molecule has 1 aliphatic rings. The van der Waals surface area contributed by atoms with Crippen molar-refractivity contribution < 1.29 is 9.59 Å². The molecule has 0 aliphatic heterocycles. The van der Waals surface area contributed by atoms with Gasteiger partial charge in [0.05, 0.1) is 0 Å². The Bertz CT molecular complexity index is 1010. The Labute approximate surface area is 175 Å². The number of fused-ring (bicyclic) bond motifs is 1. The van der Waals surface area contributed by atoms with Crippen molar-refractivity contribution in [1.29, 1.82) is 0 Å². The van der Waals surface area contributed by atoms with Crippen LogP contribution in [0.5, 0.6) is 0 Å². The molecule has 0 bridgehead atoms. The van der Waals surface area contributed by atoms with E-state index in [-0.39, 0.29) is 11.9 Å². The van der Waals surface area contributed by atoms with Gasteiger partial charge in [0.2, 0.25) is 5.91 Å². The normalized spacial score (nSPS) is 14.0. The Morgan fingerprint density at radius 1 is 1.00 bits per heavy atom. The molecule has 2 heterocycles. The van der Waals surface area contributed by atoms with Gasteiger partial charge in [-0.2, -0.15) is 0 Å². The summed E-state index contributed by atoms with van der Waals surface area (Å²) in [6.07, 6.45) is 12.2. The molecule has 4 rings (SSSR count). The Hall–Kier alpha value is -3.35. The molecule has 156 valence electrons. The van der Waals surface area contributed by atoms with E-state index in [1.165, 1.54) is 25.7 Å². The summed E-state index contributed by atoms with van der Waals surface area (Å²) < 4.78 is 1.92. The third kappa shape index (κ3) is 5.37. The van der Waals surface area contributed by atoms with Crippen LogP contribution in [0.3, 0.4) is 0 Å². The molecule has 3 aromatic rings. The molecule has 3 amide bonds. The monoisotopic (exact) mass is 405 g/mol. The van der Waals surface area contributed by atoms with Crippen LogP contribution in [0.2, 0.25) is 0 Å². The molecular formula is C23H27N5O2. The smallest absolute Gasteiger partial charge is 0.319 e. The molecule has 0 spiro atoms. The lowest BCUT2D eigenvalue weighted by molar-refractivity contribution is -0.116. The number of aromatic nitrogens is 2. The van der Waals surface area contributed by atoms with Gasteiger partial charge in [-0.3, -0.25) is 4.79 Å². The molecule has 1 fully saturated rings.